The molecule has 4 rings (SSSR count). The topological polar surface area (TPSA) is 52.1 Å². The van der Waals surface area contributed by atoms with Gasteiger partial charge in [0.05, 0.1) is 0 Å². The summed E-state index contributed by atoms with van der Waals surface area (Å²) in [6.07, 6.45) is 3.53. The van der Waals surface area contributed by atoms with Crippen molar-refractivity contribution in [2.24, 2.45) is 0 Å². The number of aromatic hydroxyl groups is 1. The van der Waals surface area contributed by atoms with E-state index in [-0.39, 0.29) is 5.75 Å². The number of rotatable bonds is 2. The second-order valence-electron chi connectivity index (χ2n) is 5.39. The van der Waals surface area contributed by atoms with Crippen LogP contribution < -0.4 is 4.90 Å². The molecule has 0 fully saturated rings. The van der Waals surface area contributed by atoms with Crippen molar-refractivity contribution in [1.82, 2.24) is 9.97 Å². The van der Waals surface area contributed by atoms with E-state index in [4.69, 9.17) is 0 Å². The molecule has 110 valence electrons. The van der Waals surface area contributed by atoms with Gasteiger partial charge in [-0.05, 0) is 28.8 Å². The molecule has 2 aromatic carbocycles. The molecule has 1 aliphatic rings. The van der Waals surface area contributed by atoms with Crippen molar-refractivity contribution in [3.05, 3.63) is 65.7 Å². The van der Waals surface area contributed by atoms with Crippen LogP contribution in [-0.4, -0.2) is 15.1 Å². The number of imidazole rings is 1. The van der Waals surface area contributed by atoms with Crippen LogP contribution in [0.3, 0.4) is 0 Å². The molecular weight excluding hydrogens is 281 g/mol. The minimum atomic E-state index is -0.580. The van der Waals surface area contributed by atoms with Gasteiger partial charge in [-0.3, -0.25) is 0 Å². The highest BCUT2D eigenvalue weighted by Gasteiger charge is 2.21. The van der Waals surface area contributed by atoms with Gasteiger partial charge in [0.15, 0.2) is 11.6 Å². The normalized spacial score (nSPS) is 13.4. The molecule has 0 atom stereocenters. The predicted octanol–water partition coefficient (Wildman–Crippen LogP) is 3.44. The van der Waals surface area contributed by atoms with Crippen molar-refractivity contribution in [2.45, 2.75) is 13.1 Å². The highest BCUT2D eigenvalue weighted by molar-refractivity contribution is 5.68. The van der Waals surface area contributed by atoms with Gasteiger partial charge in [-0.2, -0.15) is 0 Å². The SMILES string of the molecule is Oc1cccc(-c2ccc3c(c2)CN(c2ncc[nH]2)C3)c1F. The zero-order valence-corrected chi connectivity index (χ0v) is 11.8. The van der Waals surface area contributed by atoms with Crippen molar-refractivity contribution in [2.75, 3.05) is 4.90 Å². The molecule has 0 saturated heterocycles. The average molecular weight is 295 g/mol. The fourth-order valence-electron chi connectivity index (χ4n) is 2.88. The summed E-state index contributed by atoms with van der Waals surface area (Å²) in [7, 11) is 0. The number of hydrogen-bond donors (Lipinski definition) is 2. The van der Waals surface area contributed by atoms with Crippen LogP contribution >= 0.6 is 0 Å². The van der Waals surface area contributed by atoms with Gasteiger partial charge < -0.3 is 15.0 Å². The summed E-state index contributed by atoms with van der Waals surface area (Å²) in [6, 6.07) is 10.6. The lowest BCUT2D eigenvalue weighted by Crippen LogP contribution is -2.15. The molecule has 0 amide bonds. The number of aromatic nitrogens is 2. The second kappa shape index (κ2) is 4.87. The Morgan fingerprint density at radius 3 is 2.82 bits per heavy atom. The highest BCUT2D eigenvalue weighted by atomic mass is 19.1. The fourth-order valence-corrected chi connectivity index (χ4v) is 2.88. The number of hydrogen-bond acceptors (Lipinski definition) is 3. The largest absolute Gasteiger partial charge is 0.505 e. The van der Waals surface area contributed by atoms with Crippen LogP contribution in [0.25, 0.3) is 11.1 Å². The van der Waals surface area contributed by atoms with Gasteiger partial charge in [-0.25, -0.2) is 9.37 Å². The number of H-pyrrole nitrogens is 1. The fraction of sp³-hybridized carbons (Fsp3) is 0.118. The Morgan fingerprint density at radius 2 is 2.00 bits per heavy atom. The molecule has 2 N–H and O–H groups in total. The molecule has 4 nitrogen and oxygen atoms in total. The van der Waals surface area contributed by atoms with Gasteiger partial charge in [-0.15, -0.1) is 0 Å². The maximum absolute atomic E-state index is 14.1. The van der Waals surface area contributed by atoms with Gasteiger partial charge >= 0.3 is 0 Å². The summed E-state index contributed by atoms with van der Waals surface area (Å²) in [5.74, 6) is -0.0696. The number of nitrogens with one attached hydrogen (secondary N) is 1. The summed E-state index contributed by atoms with van der Waals surface area (Å²) in [6.45, 7) is 1.52. The number of anilines is 1. The summed E-state index contributed by atoms with van der Waals surface area (Å²) >= 11 is 0. The molecule has 2 heterocycles. The van der Waals surface area contributed by atoms with E-state index in [2.05, 4.69) is 14.9 Å². The standard InChI is InChI=1S/C17H14FN3O/c18-16-14(2-1-3-15(16)22)11-4-5-12-9-21(10-13(12)8-11)17-19-6-7-20-17/h1-8,22H,9-10H2,(H,19,20). The third-order valence-corrected chi connectivity index (χ3v) is 4.00. The maximum atomic E-state index is 14.1. The Bertz CT molecular complexity index is 830. The highest BCUT2D eigenvalue weighted by Crippen LogP contribution is 2.33. The minimum absolute atomic E-state index is 0.324. The van der Waals surface area contributed by atoms with E-state index in [1.807, 2.05) is 18.2 Å². The summed E-state index contributed by atoms with van der Waals surface area (Å²) < 4.78 is 14.1. The van der Waals surface area contributed by atoms with Crippen molar-refractivity contribution in [1.29, 1.82) is 0 Å². The number of aromatic amines is 1. The Balaban J connectivity index is 1.70. The molecule has 1 aromatic heterocycles. The van der Waals surface area contributed by atoms with E-state index in [1.165, 1.54) is 11.6 Å². The Kier molecular flexibility index (Phi) is 2.85. The van der Waals surface area contributed by atoms with Crippen LogP contribution in [0.1, 0.15) is 11.1 Å². The first kappa shape index (κ1) is 12.9. The monoisotopic (exact) mass is 295 g/mol. The first-order chi connectivity index (χ1) is 10.7. The van der Waals surface area contributed by atoms with Gasteiger partial charge in [0.2, 0.25) is 5.95 Å². The van der Waals surface area contributed by atoms with Crippen molar-refractivity contribution >= 4 is 5.95 Å². The molecule has 0 bridgehead atoms. The lowest BCUT2D eigenvalue weighted by atomic mass is 10.00. The minimum Gasteiger partial charge on any atom is -0.505 e. The smallest absolute Gasteiger partial charge is 0.203 e. The number of benzene rings is 2. The Hall–Kier alpha value is -2.82. The molecular formula is C17H14FN3O. The summed E-state index contributed by atoms with van der Waals surface area (Å²) in [5, 5.41) is 9.53. The number of nitrogens with zero attached hydrogens (tertiary/aromatic N) is 2. The molecule has 3 aromatic rings. The van der Waals surface area contributed by atoms with Gasteiger partial charge in [-0.1, -0.05) is 24.3 Å². The van der Waals surface area contributed by atoms with Gasteiger partial charge in [0.1, 0.15) is 0 Å². The lowest BCUT2D eigenvalue weighted by molar-refractivity contribution is 0.433. The average Bonchev–Trinajstić information content (AvgIpc) is 3.17. The third-order valence-electron chi connectivity index (χ3n) is 4.00. The van der Waals surface area contributed by atoms with E-state index in [0.717, 1.165) is 30.2 Å². The van der Waals surface area contributed by atoms with Crippen LogP contribution in [0, 0.1) is 5.82 Å². The Labute approximate surface area is 126 Å². The van der Waals surface area contributed by atoms with Crippen LogP contribution in [-0.2, 0) is 13.1 Å². The zero-order chi connectivity index (χ0) is 15.1. The van der Waals surface area contributed by atoms with Gasteiger partial charge in [0, 0.05) is 31.0 Å². The molecule has 0 unspecified atom stereocenters. The van der Waals surface area contributed by atoms with Crippen molar-refractivity contribution in [3.8, 4) is 16.9 Å². The van der Waals surface area contributed by atoms with Crippen LogP contribution in [0.15, 0.2) is 48.8 Å². The lowest BCUT2D eigenvalue weighted by Gasteiger charge is -2.12. The molecule has 0 spiro atoms. The number of halogens is 1. The molecule has 22 heavy (non-hydrogen) atoms. The predicted molar refractivity (Wildman–Crippen MR) is 82.0 cm³/mol. The van der Waals surface area contributed by atoms with Crippen LogP contribution in [0.5, 0.6) is 5.75 Å². The number of fused-ring (bicyclic) bond motifs is 1. The number of phenols is 1. The van der Waals surface area contributed by atoms with E-state index in [1.54, 1.807) is 24.5 Å². The van der Waals surface area contributed by atoms with E-state index in [9.17, 15) is 9.50 Å². The first-order valence-corrected chi connectivity index (χ1v) is 7.06. The summed E-state index contributed by atoms with van der Waals surface area (Å²) in [4.78, 5) is 9.50. The second-order valence-corrected chi connectivity index (χ2v) is 5.39. The molecule has 0 saturated carbocycles. The van der Waals surface area contributed by atoms with Crippen LogP contribution in [0.4, 0.5) is 10.3 Å². The van der Waals surface area contributed by atoms with Crippen LogP contribution in [0.2, 0.25) is 0 Å². The third kappa shape index (κ3) is 2.02. The molecule has 5 heteroatoms. The van der Waals surface area contributed by atoms with E-state index in [0.29, 0.717) is 5.56 Å². The molecule has 1 aliphatic heterocycles. The Morgan fingerprint density at radius 1 is 1.14 bits per heavy atom. The first-order valence-electron chi connectivity index (χ1n) is 7.06. The van der Waals surface area contributed by atoms with Crippen molar-refractivity contribution < 1.29 is 9.50 Å². The molecule has 0 radical (unpaired) electrons. The zero-order valence-electron chi connectivity index (χ0n) is 11.8. The van der Waals surface area contributed by atoms with Crippen molar-refractivity contribution in [3.63, 3.8) is 0 Å². The summed E-state index contributed by atoms with van der Waals surface area (Å²) in [5.41, 5.74) is 3.55. The number of phenolic OH excluding ortho intramolecular Hbond substituents is 1. The van der Waals surface area contributed by atoms with Gasteiger partial charge in [0.25, 0.3) is 0 Å². The molecule has 0 aliphatic carbocycles. The van der Waals surface area contributed by atoms with E-state index < -0.39 is 5.82 Å². The van der Waals surface area contributed by atoms with E-state index >= 15 is 0 Å². The quantitative estimate of drug-likeness (QED) is 0.761. The maximum Gasteiger partial charge on any atom is 0.203 e.